The number of aromatic amines is 1. The van der Waals surface area contributed by atoms with Gasteiger partial charge in [-0.15, -0.1) is 12.4 Å². The molecule has 0 spiro atoms. The molecule has 0 fully saturated rings. The lowest BCUT2D eigenvalue weighted by molar-refractivity contribution is -0.117. The molecule has 21 heavy (non-hydrogen) atoms. The number of hydrogen-bond acceptors (Lipinski definition) is 3. The van der Waals surface area contributed by atoms with E-state index in [9.17, 15) is 9.59 Å². The van der Waals surface area contributed by atoms with Crippen LogP contribution in [0.5, 0.6) is 0 Å². The van der Waals surface area contributed by atoms with Gasteiger partial charge < -0.3 is 16.5 Å². The van der Waals surface area contributed by atoms with Crippen LogP contribution in [-0.2, 0) is 4.79 Å². The number of nitrogens with zero attached hydrogens (tertiary/aromatic N) is 1. The van der Waals surface area contributed by atoms with Crippen LogP contribution < -0.4 is 16.8 Å². The van der Waals surface area contributed by atoms with Crippen molar-refractivity contribution in [1.29, 1.82) is 0 Å². The van der Waals surface area contributed by atoms with Gasteiger partial charge in [0, 0.05) is 17.3 Å². The summed E-state index contributed by atoms with van der Waals surface area (Å²) in [5, 5.41) is 3.37. The average Bonchev–Trinajstić information content (AvgIpc) is 2.82. The fraction of sp³-hybridized carbons (Fsp3) is 0.154. The molecule has 0 aliphatic heterocycles. The van der Waals surface area contributed by atoms with Gasteiger partial charge in [-0.05, 0) is 12.1 Å². The minimum absolute atomic E-state index is 0. The molecule has 8 heteroatoms. The minimum atomic E-state index is -0.469. The van der Waals surface area contributed by atoms with Crippen LogP contribution in [0.4, 0.5) is 0 Å². The number of hydrogen-bond donors (Lipinski definition) is 4. The summed E-state index contributed by atoms with van der Waals surface area (Å²) in [7, 11) is 0. The predicted molar refractivity (Wildman–Crippen MR) is 83.3 cm³/mol. The fourth-order valence-corrected chi connectivity index (χ4v) is 1.71. The van der Waals surface area contributed by atoms with Crippen LogP contribution in [-0.4, -0.2) is 29.3 Å². The van der Waals surface area contributed by atoms with Crippen LogP contribution in [0.15, 0.2) is 35.3 Å². The van der Waals surface area contributed by atoms with Crippen molar-refractivity contribution in [3.05, 3.63) is 36.0 Å². The summed E-state index contributed by atoms with van der Waals surface area (Å²) in [5.74, 6) is -0.903. The van der Waals surface area contributed by atoms with Gasteiger partial charge in [0.1, 0.15) is 5.69 Å². The molecule has 1 aromatic heterocycles. The van der Waals surface area contributed by atoms with Gasteiger partial charge in [-0.1, -0.05) is 18.2 Å². The highest BCUT2D eigenvalue weighted by atomic mass is 35.5. The van der Waals surface area contributed by atoms with E-state index < -0.39 is 5.91 Å². The van der Waals surface area contributed by atoms with Gasteiger partial charge in [0.2, 0.25) is 5.91 Å². The quantitative estimate of drug-likeness (QED) is 0.485. The normalized spacial score (nSPS) is 11.0. The summed E-state index contributed by atoms with van der Waals surface area (Å²) in [6.07, 6.45) is 0.0863. The number of carbonyl (C=O) groups excluding carboxylic acids is 2. The number of rotatable bonds is 4. The number of para-hydroxylation sites is 1. The summed E-state index contributed by atoms with van der Waals surface area (Å²) < 4.78 is 0. The molecule has 2 rings (SSSR count). The van der Waals surface area contributed by atoms with Crippen molar-refractivity contribution >= 4 is 41.1 Å². The van der Waals surface area contributed by atoms with Gasteiger partial charge in [-0.2, -0.15) is 0 Å². The smallest absolute Gasteiger partial charge is 0.274 e. The zero-order chi connectivity index (χ0) is 14.5. The van der Waals surface area contributed by atoms with Crippen LogP contribution in [0.3, 0.4) is 0 Å². The van der Waals surface area contributed by atoms with Crippen molar-refractivity contribution in [3.8, 4) is 0 Å². The molecule has 7 nitrogen and oxygen atoms in total. The standard InChI is InChI=1S/C13H15N5O2.ClH/c14-11(19)5-6-16-13(15)18-12(20)10-7-8-3-1-2-4-9(8)17-10;/h1-4,7,17H,5-6H2,(H2,14,19)(H3,15,16,18,20);1H. The molecule has 1 aromatic carbocycles. The van der Waals surface area contributed by atoms with E-state index in [4.69, 9.17) is 11.5 Å². The van der Waals surface area contributed by atoms with Crippen LogP contribution >= 0.6 is 12.4 Å². The van der Waals surface area contributed by atoms with Gasteiger partial charge in [0.25, 0.3) is 5.91 Å². The molecule has 0 saturated heterocycles. The molecule has 0 bridgehead atoms. The molecule has 0 aliphatic carbocycles. The third-order valence-electron chi connectivity index (χ3n) is 2.66. The molecule has 1 heterocycles. The number of primary amides is 1. The highest BCUT2D eigenvalue weighted by molar-refractivity contribution is 6.06. The summed E-state index contributed by atoms with van der Waals surface area (Å²) in [4.78, 5) is 29.3. The van der Waals surface area contributed by atoms with E-state index in [-0.39, 0.29) is 37.2 Å². The van der Waals surface area contributed by atoms with Gasteiger partial charge >= 0.3 is 0 Å². The Labute approximate surface area is 127 Å². The lowest BCUT2D eigenvalue weighted by atomic mass is 10.2. The highest BCUT2D eigenvalue weighted by Crippen LogP contribution is 2.14. The second-order valence-electron chi connectivity index (χ2n) is 4.21. The van der Waals surface area contributed by atoms with Crippen molar-refractivity contribution in [1.82, 2.24) is 10.3 Å². The third-order valence-corrected chi connectivity index (χ3v) is 2.66. The molecule has 6 N–H and O–H groups in total. The topological polar surface area (TPSA) is 126 Å². The first kappa shape index (κ1) is 16.5. The molecular weight excluding hydrogens is 294 g/mol. The molecule has 0 aliphatic rings. The molecule has 2 aromatic rings. The molecule has 0 unspecified atom stereocenters. The number of amides is 2. The van der Waals surface area contributed by atoms with Crippen molar-refractivity contribution < 1.29 is 9.59 Å². The third kappa shape index (κ3) is 4.50. The molecule has 112 valence electrons. The maximum Gasteiger partial charge on any atom is 0.274 e. The van der Waals surface area contributed by atoms with Crippen LogP contribution in [0, 0.1) is 0 Å². The van der Waals surface area contributed by atoms with E-state index in [1.54, 1.807) is 6.07 Å². The van der Waals surface area contributed by atoms with E-state index >= 15 is 0 Å². The van der Waals surface area contributed by atoms with E-state index in [1.165, 1.54) is 0 Å². The molecule has 0 atom stereocenters. The Kier molecular flexibility index (Phi) is 5.74. The minimum Gasteiger partial charge on any atom is -0.370 e. The number of aromatic nitrogens is 1. The number of carbonyl (C=O) groups is 2. The highest BCUT2D eigenvalue weighted by Gasteiger charge is 2.10. The second-order valence-corrected chi connectivity index (χ2v) is 4.21. The average molecular weight is 310 g/mol. The van der Waals surface area contributed by atoms with Gasteiger partial charge in [-0.25, -0.2) is 0 Å². The van der Waals surface area contributed by atoms with E-state index in [1.807, 2.05) is 24.3 Å². The van der Waals surface area contributed by atoms with Crippen molar-refractivity contribution in [2.24, 2.45) is 16.5 Å². The Hall–Kier alpha value is -2.54. The zero-order valence-corrected chi connectivity index (χ0v) is 11.9. The first-order valence-corrected chi connectivity index (χ1v) is 6.03. The van der Waals surface area contributed by atoms with E-state index in [0.717, 1.165) is 10.9 Å². The molecule has 2 amide bonds. The SMILES string of the molecule is Cl.NC(=O)CCN=C(N)NC(=O)c1cc2ccccc2[nH]1. The Morgan fingerprint density at radius 2 is 1.95 bits per heavy atom. The van der Waals surface area contributed by atoms with Crippen LogP contribution in [0.25, 0.3) is 10.9 Å². The Morgan fingerprint density at radius 1 is 1.24 bits per heavy atom. The number of nitrogens with one attached hydrogen (secondary N) is 2. The number of guanidine groups is 1. The maximum absolute atomic E-state index is 11.9. The van der Waals surface area contributed by atoms with E-state index in [0.29, 0.717) is 5.69 Å². The number of H-pyrrole nitrogens is 1. The zero-order valence-electron chi connectivity index (χ0n) is 11.1. The molecule has 0 radical (unpaired) electrons. The maximum atomic E-state index is 11.9. The van der Waals surface area contributed by atoms with Gasteiger partial charge in [0.15, 0.2) is 5.96 Å². The monoisotopic (exact) mass is 309 g/mol. The lowest BCUT2D eigenvalue weighted by Crippen LogP contribution is -2.37. The summed E-state index contributed by atoms with van der Waals surface area (Å²) in [5.41, 5.74) is 11.8. The predicted octanol–water partition coefficient (Wildman–Crippen LogP) is 0.510. The van der Waals surface area contributed by atoms with Crippen molar-refractivity contribution in [2.45, 2.75) is 6.42 Å². The fourth-order valence-electron chi connectivity index (χ4n) is 1.71. The number of halogens is 1. The molecule has 0 saturated carbocycles. The first-order chi connectivity index (χ1) is 9.56. The number of fused-ring (bicyclic) bond motifs is 1. The van der Waals surface area contributed by atoms with E-state index in [2.05, 4.69) is 15.3 Å². The lowest BCUT2D eigenvalue weighted by Gasteiger charge is -2.02. The van der Waals surface area contributed by atoms with Gasteiger partial charge in [-0.3, -0.25) is 19.9 Å². The summed E-state index contributed by atoms with van der Waals surface area (Å²) in [6, 6.07) is 9.25. The summed E-state index contributed by atoms with van der Waals surface area (Å²) in [6.45, 7) is 0.147. The van der Waals surface area contributed by atoms with Crippen LogP contribution in [0.1, 0.15) is 16.9 Å². The number of aliphatic imine (C=N–C) groups is 1. The number of benzene rings is 1. The number of nitrogens with two attached hydrogens (primary N) is 2. The largest absolute Gasteiger partial charge is 0.370 e. The Morgan fingerprint density at radius 3 is 2.62 bits per heavy atom. The Balaban J connectivity index is 0.00000220. The van der Waals surface area contributed by atoms with Crippen molar-refractivity contribution in [2.75, 3.05) is 6.54 Å². The Bertz CT molecular complexity index is 647. The van der Waals surface area contributed by atoms with Crippen LogP contribution in [0.2, 0.25) is 0 Å². The summed E-state index contributed by atoms with van der Waals surface area (Å²) >= 11 is 0. The molecular formula is C13H16ClN5O2. The van der Waals surface area contributed by atoms with Gasteiger partial charge in [0.05, 0.1) is 6.54 Å². The van der Waals surface area contributed by atoms with Crippen molar-refractivity contribution in [3.63, 3.8) is 0 Å². The second kappa shape index (κ2) is 7.30. The first-order valence-electron chi connectivity index (χ1n) is 6.03.